The van der Waals surface area contributed by atoms with E-state index in [1.54, 1.807) is 43.4 Å². The van der Waals surface area contributed by atoms with Gasteiger partial charge in [-0.25, -0.2) is 4.79 Å². The van der Waals surface area contributed by atoms with Crippen LogP contribution in [0.1, 0.15) is 16.8 Å². The maximum Gasteiger partial charge on any atom is 0.322 e. The highest BCUT2D eigenvalue weighted by molar-refractivity contribution is 5.90. The molecule has 1 aromatic heterocycles. The minimum atomic E-state index is -0.224. The van der Waals surface area contributed by atoms with E-state index in [4.69, 9.17) is 9.47 Å². The molecule has 0 radical (unpaired) electrons. The molecule has 0 fully saturated rings. The van der Waals surface area contributed by atoms with Gasteiger partial charge in [-0.1, -0.05) is 35.9 Å². The van der Waals surface area contributed by atoms with Gasteiger partial charge in [-0.3, -0.25) is 0 Å². The van der Waals surface area contributed by atoms with Crippen LogP contribution in [-0.4, -0.2) is 36.3 Å². The molecule has 0 spiro atoms. The molecule has 2 amide bonds. The zero-order valence-corrected chi connectivity index (χ0v) is 18.3. The summed E-state index contributed by atoms with van der Waals surface area (Å²) in [6.45, 7) is 7.52. The summed E-state index contributed by atoms with van der Waals surface area (Å²) in [5.41, 5.74) is 4.10. The van der Waals surface area contributed by atoms with E-state index in [0.717, 1.165) is 12.2 Å². The monoisotopic (exact) mass is 419 g/mol. The van der Waals surface area contributed by atoms with Gasteiger partial charge < -0.3 is 24.3 Å². The van der Waals surface area contributed by atoms with Gasteiger partial charge in [0, 0.05) is 48.9 Å². The number of nitrogens with one attached hydrogen (secondary N) is 1. The minimum absolute atomic E-state index is 0.224. The van der Waals surface area contributed by atoms with Crippen molar-refractivity contribution in [3.63, 3.8) is 0 Å². The van der Waals surface area contributed by atoms with E-state index in [1.165, 1.54) is 11.1 Å². The third-order valence-corrected chi connectivity index (χ3v) is 4.95. The first kappa shape index (κ1) is 22.0. The molecule has 31 heavy (non-hydrogen) atoms. The first-order valence-corrected chi connectivity index (χ1v) is 10.1. The minimum Gasteiger partial charge on any atom is -0.497 e. The van der Waals surface area contributed by atoms with Gasteiger partial charge in [-0.15, -0.1) is 6.58 Å². The Morgan fingerprint density at radius 3 is 2.48 bits per heavy atom. The van der Waals surface area contributed by atoms with Crippen molar-refractivity contribution in [2.75, 3.05) is 26.1 Å². The largest absolute Gasteiger partial charge is 0.497 e. The van der Waals surface area contributed by atoms with Crippen molar-refractivity contribution in [3.8, 4) is 11.5 Å². The van der Waals surface area contributed by atoms with Crippen LogP contribution in [0.3, 0.4) is 0 Å². The number of urea groups is 1. The van der Waals surface area contributed by atoms with Crippen LogP contribution in [0.2, 0.25) is 0 Å². The lowest BCUT2D eigenvalue weighted by Gasteiger charge is -2.23. The van der Waals surface area contributed by atoms with E-state index < -0.39 is 0 Å². The SMILES string of the molecule is C=CCN(Cc1cccn1Cc1cccc(C)c1)C(=O)Nc1cc(OC)cc(OC)c1. The van der Waals surface area contributed by atoms with Crippen molar-refractivity contribution in [1.29, 1.82) is 0 Å². The number of aryl methyl sites for hydroxylation is 1. The summed E-state index contributed by atoms with van der Waals surface area (Å²) in [5.74, 6) is 1.22. The smallest absolute Gasteiger partial charge is 0.322 e. The van der Waals surface area contributed by atoms with E-state index in [0.29, 0.717) is 30.3 Å². The second-order valence-electron chi connectivity index (χ2n) is 7.32. The summed E-state index contributed by atoms with van der Waals surface area (Å²) in [5, 5.41) is 2.94. The van der Waals surface area contributed by atoms with Crippen LogP contribution < -0.4 is 14.8 Å². The number of methoxy groups -OCH3 is 2. The number of nitrogens with zero attached hydrogens (tertiary/aromatic N) is 2. The van der Waals surface area contributed by atoms with Crippen molar-refractivity contribution in [1.82, 2.24) is 9.47 Å². The van der Waals surface area contributed by atoms with Crippen molar-refractivity contribution in [2.45, 2.75) is 20.0 Å². The lowest BCUT2D eigenvalue weighted by molar-refractivity contribution is 0.214. The Balaban J connectivity index is 1.75. The van der Waals surface area contributed by atoms with Crippen LogP contribution in [0.5, 0.6) is 11.5 Å². The normalized spacial score (nSPS) is 10.4. The molecule has 1 N–H and O–H groups in total. The number of aromatic nitrogens is 1. The lowest BCUT2D eigenvalue weighted by Crippen LogP contribution is -2.35. The number of benzene rings is 2. The molecule has 3 aromatic rings. The Kier molecular flexibility index (Phi) is 7.38. The van der Waals surface area contributed by atoms with E-state index in [2.05, 4.69) is 47.7 Å². The predicted molar refractivity (Wildman–Crippen MR) is 124 cm³/mol. The van der Waals surface area contributed by atoms with E-state index in [9.17, 15) is 4.79 Å². The number of hydrogen-bond acceptors (Lipinski definition) is 3. The quantitative estimate of drug-likeness (QED) is 0.492. The zero-order chi connectivity index (χ0) is 22.2. The molecule has 0 bridgehead atoms. The van der Waals surface area contributed by atoms with Crippen LogP contribution in [-0.2, 0) is 13.1 Å². The summed E-state index contributed by atoms with van der Waals surface area (Å²) in [6, 6.07) is 17.5. The molecule has 0 aliphatic carbocycles. The standard InChI is InChI=1S/C25H29N3O3/c1-5-11-28(25(29)26-21-14-23(30-3)16-24(15-21)31-4)18-22-10-7-12-27(22)17-20-9-6-8-19(2)13-20/h5-10,12-16H,1,11,17-18H2,2-4H3,(H,26,29). The van der Waals surface area contributed by atoms with E-state index >= 15 is 0 Å². The third kappa shape index (κ3) is 5.92. The number of carbonyl (C=O) groups excluding carboxylic acids is 1. The Hall–Kier alpha value is -3.67. The molecule has 0 unspecified atom stereocenters. The number of carbonyl (C=O) groups is 1. The zero-order valence-electron chi connectivity index (χ0n) is 18.3. The summed E-state index contributed by atoms with van der Waals surface area (Å²) >= 11 is 0. The van der Waals surface area contributed by atoms with Gasteiger partial charge in [0.2, 0.25) is 0 Å². The molecule has 162 valence electrons. The number of hydrogen-bond donors (Lipinski definition) is 1. The second-order valence-corrected chi connectivity index (χ2v) is 7.32. The van der Waals surface area contributed by atoms with Gasteiger partial charge in [0.05, 0.1) is 20.8 Å². The fourth-order valence-electron chi connectivity index (χ4n) is 3.41. The number of anilines is 1. The molecule has 6 nitrogen and oxygen atoms in total. The Morgan fingerprint density at radius 1 is 1.10 bits per heavy atom. The van der Waals surface area contributed by atoms with Crippen LogP contribution in [0.25, 0.3) is 0 Å². The maximum absolute atomic E-state index is 13.0. The predicted octanol–water partition coefficient (Wildman–Crippen LogP) is 5.08. The number of ether oxygens (including phenoxy) is 2. The molecule has 3 rings (SSSR count). The average Bonchev–Trinajstić information content (AvgIpc) is 3.19. The summed E-state index contributed by atoms with van der Waals surface area (Å²) in [7, 11) is 3.15. The summed E-state index contributed by atoms with van der Waals surface area (Å²) in [6.07, 6.45) is 3.76. The molecule has 0 atom stereocenters. The summed E-state index contributed by atoms with van der Waals surface area (Å²) in [4.78, 5) is 14.7. The highest BCUT2D eigenvalue weighted by Crippen LogP contribution is 2.26. The van der Waals surface area contributed by atoms with Crippen LogP contribution in [0.15, 0.2) is 73.4 Å². The van der Waals surface area contributed by atoms with Crippen molar-refractivity contribution < 1.29 is 14.3 Å². The highest BCUT2D eigenvalue weighted by atomic mass is 16.5. The maximum atomic E-state index is 13.0. The molecule has 0 saturated carbocycles. The summed E-state index contributed by atoms with van der Waals surface area (Å²) < 4.78 is 12.7. The highest BCUT2D eigenvalue weighted by Gasteiger charge is 2.16. The second kappa shape index (κ2) is 10.4. The van der Waals surface area contributed by atoms with Crippen molar-refractivity contribution in [3.05, 3.63) is 90.3 Å². The van der Waals surface area contributed by atoms with Crippen molar-refractivity contribution in [2.24, 2.45) is 0 Å². The van der Waals surface area contributed by atoms with Crippen LogP contribution in [0.4, 0.5) is 10.5 Å². The third-order valence-electron chi connectivity index (χ3n) is 4.95. The Labute approximate surface area is 183 Å². The van der Waals surface area contributed by atoms with Gasteiger partial charge in [0.15, 0.2) is 0 Å². The van der Waals surface area contributed by atoms with E-state index in [-0.39, 0.29) is 6.03 Å². The number of amides is 2. The van der Waals surface area contributed by atoms with Crippen LogP contribution >= 0.6 is 0 Å². The Morgan fingerprint density at radius 2 is 1.84 bits per heavy atom. The molecule has 6 heteroatoms. The number of rotatable bonds is 9. The first-order chi connectivity index (χ1) is 15.0. The van der Waals surface area contributed by atoms with Gasteiger partial charge in [-0.2, -0.15) is 0 Å². The Bertz CT molecular complexity index is 1020. The topological polar surface area (TPSA) is 55.7 Å². The molecular formula is C25H29N3O3. The van der Waals surface area contributed by atoms with Gasteiger partial charge >= 0.3 is 6.03 Å². The van der Waals surface area contributed by atoms with Gasteiger partial charge in [-0.05, 0) is 24.6 Å². The van der Waals surface area contributed by atoms with Gasteiger partial charge in [0.25, 0.3) is 0 Å². The molecular weight excluding hydrogens is 390 g/mol. The molecule has 1 heterocycles. The van der Waals surface area contributed by atoms with Gasteiger partial charge in [0.1, 0.15) is 11.5 Å². The molecule has 2 aromatic carbocycles. The van der Waals surface area contributed by atoms with Crippen molar-refractivity contribution >= 4 is 11.7 Å². The molecule has 0 aliphatic rings. The fourth-order valence-corrected chi connectivity index (χ4v) is 3.41. The first-order valence-electron chi connectivity index (χ1n) is 10.1. The fraction of sp³-hybridized carbons (Fsp3) is 0.240. The lowest BCUT2D eigenvalue weighted by atomic mass is 10.1. The van der Waals surface area contributed by atoms with Crippen LogP contribution in [0, 0.1) is 6.92 Å². The molecule has 0 aliphatic heterocycles. The molecule has 0 saturated heterocycles. The average molecular weight is 420 g/mol. The van der Waals surface area contributed by atoms with E-state index in [1.807, 2.05) is 18.3 Å².